The molecule has 35 heavy (non-hydrogen) atoms. The summed E-state index contributed by atoms with van der Waals surface area (Å²) in [6.07, 6.45) is 1.36. The number of rotatable bonds is 9. The van der Waals surface area contributed by atoms with E-state index in [1.807, 2.05) is 0 Å². The molecule has 3 aromatic rings. The van der Waals surface area contributed by atoms with Crippen LogP contribution in [-0.2, 0) is 0 Å². The first-order valence-corrected chi connectivity index (χ1v) is 10.2. The minimum Gasteiger partial charge on any atom is -0.303 e. The third-order valence-electron chi connectivity index (χ3n) is 4.55. The summed E-state index contributed by atoms with van der Waals surface area (Å²) in [6, 6.07) is 16.6. The van der Waals surface area contributed by atoms with Gasteiger partial charge in [-0.2, -0.15) is 0 Å². The van der Waals surface area contributed by atoms with E-state index in [2.05, 4.69) is 21.7 Å². The summed E-state index contributed by atoms with van der Waals surface area (Å²) < 4.78 is 0. The van der Waals surface area contributed by atoms with E-state index in [1.54, 1.807) is 24.3 Å². The van der Waals surface area contributed by atoms with Crippen LogP contribution in [0, 0.1) is 20.2 Å². The molecule has 0 aromatic heterocycles. The lowest BCUT2D eigenvalue weighted by Crippen LogP contribution is -2.38. The Kier molecular flexibility index (Phi) is 7.93. The van der Waals surface area contributed by atoms with Gasteiger partial charge in [0.25, 0.3) is 23.2 Å². The number of nitrogens with zero attached hydrogens (tertiary/aromatic N) is 2. The standard InChI is InChI=1S/C22H17ClN6O6/c23-17-7-1-14(2-8-17)20(25-27-22(31)16-5-11-19(12-6-16)29(34)35)13-24-26-21(30)15-3-9-18(10-4-15)28(32)33/h1-13,24-25H,(H,26,30)(H,27,31)/b20-13-. The van der Waals surface area contributed by atoms with Crippen molar-refractivity contribution in [3.8, 4) is 0 Å². The largest absolute Gasteiger partial charge is 0.303 e. The van der Waals surface area contributed by atoms with Gasteiger partial charge in [0.2, 0.25) is 0 Å². The first-order valence-electron chi connectivity index (χ1n) is 9.82. The zero-order valence-corrected chi connectivity index (χ0v) is 18.5. The molecule has 0 bridgehead atoms. The average molecular weight is 497 g/mol. The molecule has 0 saturated heterocycles. The lowest BCUT2D eigenvalue weighted by Gasteiger charge is -2.14. The molecule has 0 heterocycles. The molecule has 4 N–H and O–H groups in total. The number of carbonyl (C=O) groups is 2. The van der Waals surface area contributed by atoms with Crippen LogP contribution in [0.1, 0.15) is 26.3 Å². The van der Waals surface area contributed by atoms with Crippen LogP contribution < -0.4 is 21.7 Å². The van der Waals surface area contributed by atoms with Crippen LogP contribution in [0.4, 0.5) is 11.4 Å². The van der Waals surface area contributed by atoms with Crippen molar-refractivity contribution >= 4 is 40.5 Å². The van der Waals surface area contributed by atoms with Crippen molar-refractivity contribution in [2.24, 2.45) is 0 Å². The van der Waals surface area contributed by atoms with E-state index < -0.39 is 21.7 Å². The Bertz CT molecular complexity index is 1280. The summed E-state index contributed by atoms with van der Waals surface area (Å²) in [6.45, 7) is 0. The Balaban J connectivity index is 1.68. The summed E-state index contributed by atoms with van der Waals surface area (Å²) in [5.74, 6) is -1.11. The highest BCUT2D eigenvalue weighted by molar-refractivity contribution is 6.30. The SMILES string of the molecule is O=C(NN/C=C(\NNC(=O)c1ccc([N+](=O)[O-])cc1)c1ccc(Cl)cc1)c1ccc([N+](=O)[O-])cc1. The maximum absolute atomic E-state index is 12.4. The molecule has 3 rings (SSSR count). The van der Waals surface area contributed by atoms with Gasteiger partial charge in [-0.3, -0.25) is 46.1 Å². The molecule has 0 aliphatic carbocycles. The molecule has 0 fully saturated rings. The third kappa shape index (κ3) is 6.76. The van der Waals surface area contributed by atoms with E-state index in [9.17, 15) is 29.8 Å². The van der Waals surface area contributed by atoms with E-state index in [-0.39, 0.29) is 22.5 Å². The number of amides is 2. The number of hydrogen-bond acceptors (Lipinski definition) is 8. The Hall–Kier alpha value is -4.97. The number of carbonyl (C=O) groups excluding carboxylic acids is 2. The Morgan fingerprint density at radius 1 is 0.657 bits per heavy atom. The van der Waals surface area contributed by atoms with Crippen molar-refractivity contribution in [2.45, 2.75) is 0 Å². The third-order valence-corrected chi connectivity index (χ3v) is 4.80. The van der Waals surface area contributed by atoms with Gasteiger partial charge in [-0.15, -0.1) is 0 Å². The maximum Gasteiger partial charge on any atom is 0.269 e. The highest BCUT2D eigenvalue weighted by Crippen LogP contribution is 2.16. The van der Waals surface area contributed by atoms with Crippen molar-refractivity contribution in [2.75, 3.05) is 0 Å². The first-order chi connectivity index (χ1) is 16.7. The predicted molar refractivity (Wildman–Crippen MR) is 127 cm³/mol. The molecular formula is C22H17ClN6O6. The fourth-order valence-electron chi connectivity index (χ4n) is 2.73. The lowest BCUT2D eigenvalue weighted by atomic mass is 10.2. The fraction of sp³-hybridized carbons (Fsp3) is 0. The van der Waals surface area contributed by atoms with Crippen molar-refractivity contribution in [3.05, 3.63) is 121 Å². The Labute approximate surface area is 202 Å². The summed E-state index contributed by atoms with van der Waals surface area (Å²) >= 11 is 5.93. The highest BCUT2D eigenvalue weighted by atomic mass is 35.5. The van der Waals surface area contributed by atoms with Gasteiger partial charge in [-0.1, -0.05) is 23.7 Å². The molecule has 0 aliphatic heterocycles. The normalized spacial score (nSPS) is 10.7. The number of nitro groups is 2. The van der Waals surface area contributed by atoms with E-state index in [1.165, 1.54) is 54.7 Å². The van der Waals surface area contributed by atoms with Crippen LogP contribution in [-0.4, -0.2) is 21.7 Å². The molecule has 0 aliphatic rings. The Morgan fingerprint density at radius 2 is 1.09 bits per heavy atom. The molecule has 3 aromatic carbocycles. The van der Waals surface area contributed by atoms with Crippen molar-refractivity contribution < 1.29 is 19.4 Å². The van der Waals surface area contributed by atoms with Gasteiger partial charge < -0.3 is 5.43 Å². The van der Waals surface area contributed by atoms with E-state index >= 15 is 0 Å². The summed E-state index contributed by atoms with van der Waals surface area (Å²) in [5.41, 5.74) is 11.2. The molecule has 13 heteroatoms. The second-order valence-electron chi connectivity index (χ2n) is 6.85. The maximum atomic E-state index is 12.4. The van der Waals surface area contributed by atoms with Crippen LogP contribution in [0.2, 0.25) is 5.02 Å². The number of halogens is 1. The van der Waals surface area contributed by atoms with Gasteiger partial charge in [0.15, 0.2) is 0 Å². The zero-order valence-electron chi connectivity index (χ0n) is 17.7. The number of benzene rings is 3. The highest BCUT2D eigenvalue weighted by Gasteiger charge is 2.11. The molecule has 0 saturated carbocycles. The van der Waals surface area contributed by atoms with Crippen LogP contribution in [0.25, 0.3) is 5.70 Å². The molecule has 2 amide bonds. The summed E-state index contributed by atoms with van der Waals surface area (Å²) in [4.78, 5) is 45.1. The number of non-ortho nitro benzene ring substituents is 2. The summed E-state index contributed by atoms with van der Waals surface area (Å²) in [7, 11) is 0. The molecular weight excluding hydrogens is 480 g/mol. The summed E-state index contributed by atoms with van der Waals surface area (Å²) in [5, 5.41) is 22.0. The second-order valence-corrected chi connectivity index (χ2v) is 7.29. The molecule has 0 radical (unpaired) electrons. The zero-order chi connectivity index (χ0) is 25.4. The molecule has 12 nitrogen and oxygen atoms in total. The number of nitrogens with one attached hydrogen (secondary N) is 4. The number of hydrazine groups is 2. The van der Waals surface area contributed by atoms with E-state index in [0.29, 0.717) is 16.3 Å². The van der Waals surface area contributed by atoms with Gasteiger partial charge in [-0.05, 0) is 36.4 Å². The van der Waals surface area contributed by atoms with E-state index in [0.717, 1.165) is 0 Å². The second kappa shape index (κ2) is 11.2. The quantitative estimate of drug-likeness (QED) is 0.258. The molecule has 178 valence electrons. The monoisotopic (exact) mass is 496 g/mol. The van der Waals surface area contributed by atoms with Crippen LogP contribution in [0.15, 0.2) is 79.0 Å². The Morgan fingerprint density at radius 3 is 1.54 bits per heavy atom. The van der Waals surface area contributed by atoms with Crippen LogP contribution in [0.5, 0.6) is 0 Å². The predicted octanol–water partition coefficient (Wildman–Crippen LogP) is 3.32. The van der Waals surface area contributed by atoms with Gasteiger partial charge >= 0.3 is 0 Å². The topological polar surface area (TPSA) is 169 Å². The first kappa shape index (κ1) is 24.7. The molecule has 0 spiro atoms. The van der Waals surface area contributed by atoms with Crippen LogP contribution >= 0.6 is 11.6 Å². The number of hydrogen-bond donors (Lipinski definition) is 4. The van der Waals surface area contributed by atoms with Gasteiger partial charge in [-0.25, -0.2) is 0 Å². The smallest absolute Gasteiger partial charge is 0.269 e. The lowest BCUT2D eigenvalue weighted by molar-refractivity contribution is -0.385. The van der Waals surface area contributed by atoms with Crippen molar-refractivity contribution in [1.29, 1.82) is 0 Å². The fourth-order valence-corrected chi connectivity index (χ4v) is 2.86. The van der Waals surface area contributed by atoms with Gasteiger partial charge in [0.1, 0.15) is 0 Å². The van der Waals surface area contributed by atoms with Gasteiger partial charge in [0.05, 0.1) is 15.5 Å². The van der Waals surface area contributed by atoms with Crippen molar-refractivity contribution in [1.82, 2.24) is 21.7 Å². The number of nitro benzene ring substituents is 2. The minimum atomic E-state index is -0.572. The van der Waals surface area contributed by atoms with Crippen molar-refractivity contribution in [3.63, 3.8) is 0 Å². The van der Waals surface area contributed by atoms with Crippen LogP contribution in [0.3, 0.4) is 0 Å². The van der Waals surface area contributed by atoms with E-state index in [4.69, 9.17) is 11.6 Å². The van der Waals surface area contributed by atoms with Gasteiger partial charge in [0, 0.05) is 52.2 Å². The average Bonchev–Trinajstić information content (AvgIpc) is 2.86. The minimum absolute atomic E-state index is 0.146. The molecule has 0 atom stereocenters. The molecule has 0 unspecified atom stereocenters.